The predicted molar refractivity (Wildman–Crippen MR) is 94.2 cm³/mol. The SMILES string of the molecule is O=C(NCCc1ccccc1F)C1CCN(CC2CCCC2)CC1. The third kappa shape index (κ3) is 4.79. The van der Waals surface area contributed by atoms with Crippen molar-refractivity contribution in [3.8, 4) is 0 Å². The van der Waals surface area contributed by atoms with Gasteiger partial charge < -0.3 is 10.2 Å². The largest absolute Gasteiger partial charge is 0.356 e. The van der Waals surface area contributed by atoms with Crippen molar-refractivity contribution in [2.24, 2.45) is 11.8 Å². The van der Waals surface area contributed by atoms with Gasteiger partial charge >= 0.3 is 0 Å². The van der Waals surface area contributed by atoms with E-state index in [9.17, 15) is 9.18 Å². The zero-order chi connectivity index (χ0) is 16.8. The molecule has 1 aliphatic carbocycles. The number of halogens is 1. The Kier molecular flexibility index (Phi) is 6.24. The standard InChI is InChI=1S/C20H29FN2O/c21-19-8-4-3-7-17(19)9-12-22-20(24)18-10-13-23(14-11-18)15-16-5-1-2-6-16/h3-4,7-8,16,18H,1-2,5-6,9-15H2,(H,22,24). The van der Waals surface area contributed by atoms with Gasteiger partial charge in [-0.25, -0.2) is 4.39 Å². The number of nitrogens with one attached hydrogen (secondary N) is 1. The van der Waals surface area contributed by atoms with Crippen molar-refractivity contribution < 1.29 is 9.18 Å². The minimum Gasteiger partial charge on any atom is -0.356 e. The van der Waals surface area contributed by atoms with Gasteiger partial charge in [0.15, 0.2) is 0 Å². The zero-order valence-corrected chi connectivity index (χ0v) is 14.5. The monoisotopic (exact) mass is 332 g/mol. The van der Waals surface area contributed by atoms with Crippen LogP contribution in [0.25, 0.3) is 0 Å². The van der Waals surface area contributed by atoms with Crippen LogP contribution in [0.3, 0.4) is 0 Å². The fraction of sp³-hybridized carbons (Fsp3) is 0.650. The second kappa shape index (κ2) is 8.61. The van der Waals surface area contributed by atoms with E-state index in [2.05, 4.69) is 10.2 Å². The minimum atomic E-state index is -0.188. The molecule has 0 atom stereocenters. The van der Waals surface area contributed by atoms with Crippen LogP contribution in [-0.2, 0) is 11.2 Å². The summed E-state index contributed by atoms with van der Waals surface area (Å²) in [6.45, 7) is 3.83. The lowest BCUT2D eigenvalue weighted by atomic mass is 9.94. The number of amides is 1. The summed E-state index contributed by atoms with van der Waals surface area (Å²) in [5.74, 6) is 0.973. The van der Waals surface area contributed by atoms with Gasteiger partial charge in [-0.15, -0.1) is 0 Å². The lowest BCUT2D eigenvalue weighted by molar-refractivity contribution is -0.126. The molecule has 2 aliphatic rings. The zero-order valence-electron chi connectivity index (χ0n) is 14.5. The number of hydrogen-bond donors (Lipinski definition) is 1. The van der Waals surface area contributed by atoms with E-state index in [1.165, 1.54) is 38.3 Å². The fourth-order valence-electron chi connectivity index (χ4n) is 4.10. The molecule has 1 amide bonds. The summed E-state index contributed by atoms with van der Waals surface area (Å²) in [4.78, 5) is 14.8. The van der Waals surface area contributed by atoms with Crippen LogP contribution < -0.4 is 5.32 Å². The van der Waals surface area contributed by atoms with Gasteiger partial charge in [0.2, 0.25) is 5.91 Å². The number of benzene rings is 1. The maximum Gasteiger partial charge on any atom is 0.223 e. The molecule has 4 heteroatoms. The van der Waals surface area contributed by atoms with Gasteiger partial charge in [-0.2, -0.15) is 0 Å². The molecule has 3 nitrogen and oxygen atoms in total. The van der Waals surface area contributed by atoms with E-state index >= 15 is 0 Å². The van der Waals surface area contributed by atoms with Crippen molar-refractivity contribution in [1.29, 1.82) is 0 Å². The average Bonchev–Trinajstić information content (AvgIpc) is 3.10. The summed E-state index contributed by atoms with van der Waals surface area (Å²) < 4.78 is 13.6. The van der Waals surface area contributed by atoms with Crippen molar-refractivity contribution in [3.05, 3.63) is 35.6 Å². The molecule has 0 spiro atoms. The Labute approximate surface area is 144 Å². The number of likely N-dealkylation sites (tertiary alicyclic amines) is 1. The molecule has 1 saturated heterocycles. The number of piperidine rings is 1. The molecule has 24 heavy (non-hydrogen) atoms. The molecule has 1 saturated carbocycles. The van der Waals surface area contributed by atoms with Gasteiger partial charge in [-0.05, 0) is 62.7 Å². The highest BCUT2D eigenvalue weighted by Crippen LogP contribution is 2.27. The normalized spacial score (nSPS) is 20.4. The number of carbonyl (C=O) groups is 1. The summed E-state index contributed by atoms with van der Waals surface area (Å²) in [6.07, 6.45) is 8.03. The molecule has 0 radical (unpaired) electrons. The van der Waals surface area contributed by atoms with Crippen molar-refractivity contribution in [1.82, 2.24) is 10.2 Å². The third-order valence-electron chi connectivity index (χ3n) is 5.60. The van der Waals surface area contributed by atoms with Crippen molar-refractivity contribution in [2.75, 3.05) is 26.2 Å². The van der Waals surface area contributed by atoms with Crippen molar-refractivity contribution in [3.63, 3.8) is 0 Å². The van der Waals surface area contributed by atoms with E-state index in [0.29, 0.717) is 18.5 Å². The van der Waals surface area contributed by atoms with Crippen LogP contribution in [0, 0.1) is 17.7 Å². The van der Waals surface area contributed by atoms with Crippen LogP contribution in [-0.4, -0.2) is 37.0 Å². The maximum atomic E-state index is 13.6. The van der Waals surface area contributed by atoms with E-state index in [1.807, 2.05) is 6.07 Å². The Hall–Kier alpha value is -1.42. The number of carbonyl (C=O) groups excluding carboxylic acids is 1. The first kappa shape index (κ1) is 17.4. The van der Waals surface area contributed by atoms with Crippen molar-refractivity contribution in [2.45, 2.75) is 44.9 Å². The lowest BCUT2D eigenvalue weighted by Crippen LogP contribution is -2.42. The second-order valence-corrected chi connectivity index (χ2v) is 7.36. The number of hydrogen-bond acceptors (Lipinski definition) is 2. The van der Waals surface area contributed by atoms with Crippen LogP contribution in [0.2, 0.25) is 0 Å². The van der Waals surface area contributed by atoms with Crippen LogP contribution in [0.15, 0.2) is 24.3 Å². The molecule has 1 heterocycles. The van der Waals surface area contributed by atoms with Gasteiger partial charge in [0.1, 0.15) is 5.82 Å². The molecule has 1 aliphatic heterocycles. The third-order valence-corrected chi connectivity index (χ3v) is 5.60. The van der Waals surface area contributed by atoms with Gasteiger partial charge in [0, 0.05) is 19.0 Å². The molecule has 0 aromatic heterocycles. The first-order chi connectivity index (χ1) is 11.7. The number of nitrogens with zero attached hydrogens (tertiary/aromatic N) is 1. The predicted octanol–water partition coefficient (Wildman–Crippen LogP) is 3.39. The molecule has 0 bridgehead atoms. The topological polar surface area (TPSA) is 32.3 Å². The Balaban J connectivity index is 1.35. The van der Waals surface area contributed by atoms with Crippen molar-refractivity contribution >= 4 is 5.91 Å². The molecule has 0 unspecified atom stereocenters. The smallest absolute Gasteiger partial charge is 0.223 e. The molecule has 132 valence electrons. The van der Waals surface area contributed by atoms with Gasteiger partial charge in [0.25, 0.3) is 0 Å². The first-order valence-corrected chi connectivity index (χ1v) is 9.46. The highest BCUT2D eigenvalue weighted by Gasteiger charge is 2.26. The Morgan fingerprint density at radius 3 is 2.54 bits per heavy atom. The van der Waals surface area contributed by atoms with Crippen LogP contribution in [0.4, 0.5) is 4.39 Å². The van der Waals surface area contributed by atoms with E-state index in [-0.39, 0.29) is 17.6 Å². The van der Waals surface area contributed by atoms with Crippen LogP contribution >= 0.6 is 0 Å². The second-order valence-electron chi connectivity index (χ2n) is 7.36. The summed E-state index contributed by atoms with van der Waals surface area (Å²) in [5, 5.41) is 2.99. The van der Waals surface area contributed by atoms with Gasteiger partial charge in [-0.3, -0.25) is 4.79 Å². The Morgan fingerprint density at radius 1 is 1.12 bits per heavy atom. The van der Waals surface area contributed by atoms with E-state index in [1.54, 1.807) is 12.1 Å². The van der Waals surface area contributed by atoms with Crippen LogP contribution in [0.1, 0.15) is 44.1 Å². The fourth-order valence-corrected chi connectivity index (χ4v) is 4.10. The summed E-state index contributed by atoms with van der Waals surface area (Å²) in [7, 11) is 0. The molecular weight excluding hydrogens is 303 g/mol. The molecule has 1 aromatic carbocycles. The average molecular weight is 332 g/mol. The van der Waals surface area contributed by atoms with E-state index in [4.69, 9.17) is 0 Å². The first-order valence-electron chi connectivity index (χ1n) is 9.46. The number of rotatable bonds is 6. The quantitative estimate of drug-likeness (QED) is 0.866. The van der Waals surface area contributed by atoms with E-state index in [0.717, 1.165) is 31.8 Å². The molecule has 2 fully saturated rings. The van der Waals surface area contributed by atoms with Crippen LogP contribution in [0.5, 0.6) is 0 Å². The molecule has 3 rings (SSSR count). The molecule has 1 aromatic rings. The highest BCUT2D eigenvalue weighted by atomic mass is 19.1. The summed E-state index contributed by atoms with van der Waals surface area (Å²) in [6, 6.07) is 6.78. The molecular formula is C20H29FN2O. The summed E-state index contributed by atoms with van der Waals surface area (Å²) in [5.41, 5.74) is 0.671. The summed E-state index contributed by atoms with van der Waals surface area (Å²) >= 11 is 0. The Morgan fingerprint density at radius 2 is 1.83 bits per heavy atom. The van der Waals surface area contributed by atoms with Gasteiger partial charge in [0.05, 0.1) is 0 Å². The molecule has 1 N–H and O–H groups in total. The Bertz CT molecular complexity index is 534. The highest BCUT2D eigenvalue weighted by molar-refractivity contribution is 5.78. The lowest BCUT2D eigenvalue weighted by Gasteiger charge is -2.32. The van der Waals surface area contributed by atoms with E-state index < -0.39 is 0 Å². The van der Waals surface area contributed by atoms with Gasteiger partial charge in [-0.1, -0.05) is 31.0 Å². The minimum absolute atomic E-state index is 0.130. The maximum absolute atomic E-state index is 13.6.